The van der Waals surface area contributed by atoms with Crippen LogP contribution in [0.5, 0.6) is 0 Å². The summed E-state index contributed by atoms with van der Waals surface area (Å²) in [6.45, 7) is 5.44. The summed E-state index contributed by atoms with van der Waals surface area (Å²) < 4.78 is 64.2. The van der Waals surface area contributed by atoms with Crippen molar-refractivity contribution in [3.8, 4) is 21.8 Å². The Morgan fingerprint density at radius 3 is 2.44 bits per heavy atom. The normalized spacial score (nSPS) is 12.5. The van der Waals surface area contributed by atoms with Gasteiger partial charge in [-0.25, -0.2) is 4.98 Å². The Bertz CT molecular complexity index is 1370. The van der Waals surface area contributed by atoms with Gasteiger partial charge in [0.1, 0.15) is 5.01 Å². The third-order valence-electron chi connectivity index (χ3n) is 5.13. The number of pyridine rings is 1. The van der Waals surface area contributed by atoms with Crippen LogP contribution in [-0.4, -0.2) is 41.5 Å². The van der Waals surface area contributed by atoms with Crippen LogP contribution in [0.1, 0.15) is 39.3 Å². The molecule has 0 saturated carbocycles. The lowest BCUT2D eigenvalue weighted by Crippen LogP contribution is -2.41. The van der Waals surface area contributed by atoms with Crippen molar-refractivity contribution in [3.05, 3.63) is 52.6 Å². The molecule has 0 aliphatic rings. The number of aromatic nitrogens is 2. The van der Waals surface area contributed by atoms with E-state index < -0.39 is 34.5 Å². The van der Waals surface area contributed by atoms with Crippen LogP contribution >= 0.6 is 22.9 Å². The van der Waals surface area contributed by atoms with Crippen LogP contribution in [0.3, 0.4) is 0 Å². The lowest BCUT2D eigenvalue weighted by Gasteiger charge is -2.25. The first-order valence-electron chi connectivity index (χ1n) is 10.6. The number of rotatable bonds is 8. The minimum absolute atomic E-state index is 0.00457. The lowest BCUT2D eigenvalue weighted by atomic mass is 9.91. The van der Waals surface area contributed by atoms with Gasteiger partial charge >= 0.3 is 21.5 Å². The summed E-state index contributed by atoms with van der Waals surface area (Å²) in [7, 11) is -5.77. The van der Waals surface area contributed by atoms with Crippen molar-refractivity contribution in [1.82, 2.24) is 9.97 Å². The summed E-state index contributed by atoms with van der Waals surface area (Å²) in [6, 6.07) is 7.43. The number of aliphatic carboxylic acids is 1. The van der Waals surface area contributed by atoms with Crippen LogP contribution in [0.2, 0.25) is 5.02 Å². The summed E-state index contributed by atoms with van der Waals surface area (Å²) in [4.78, 5) is 19.8. The highest BCUT2D eigenvalue weighted by Gasteiger charge is 2.50. The molecule has 0 spiro atoms. The summed E-state index contributed by atoms with van der Waals surface area (Å²) in [5.41, 5.74) is -3.46. The van der Waals surface area contributed by atoms with Crippen molar-refractivity contribution in [1.29, 1.82) is 0 Å². The molecule has 3 rings (SSSR count). The van der Waals surface area contributed by atoms with Gasteiger partial charge in [0.15, 0.2) is 0 Å². The van der Waals surface area contributed by atoms with E-state index in [4.69, 9.17) is 16.7 Å². The van der Waals surface area contributed by atoms with Gasteiger partial charge in [-0.3, -0.25) is 14.1 Å². The SMILES string of the molecule is CC(C)(C)c1cc(-c2nc(-c3ccc(N(CCCC(=O)O)S(=O)(=O)C(F)(F)F)cc3Cl)cs2)ccn1. The Labute approximate surface area is 215 Å². The number of sulfonamides is 1. The van der Waals surface area contributed by atoms with E-state index >= 15 is 0 Å². The molecule has 0 aliphatic heterocycles. The number of hydrogen-bond acceptors (Lipinski definition) is 6. The van der Waals surface area contributed by atoms with Gasteiger partial charge in [0, 0.05) is 46.8 Å². The number of carboxylic acid groups (broad SMARTS) is 1. The van der Waals surface area contributed by atoms with Crippen molar-refractivity contribution in [3.63, 3.8) is 0 Å². The fraction of sp³-hybridized carbons (Fsp3) is 0.348. The number of benzene rings is 1. The average Bonchev–Trinajstić information content (AvgIpc) is 3.25. The molecule has 13 heteroatoms. The fourth-order valence-electron chi connectivity index (χ4n) is 3.26. The molecular weight excluding hydrogens is 539 g/mol. The highest BCUT2D eigenvalue weighted by molar-refractivity contribution is 7.93. The molecule has 1 N–H and O–H groups in total. The second-order valence-corrected chi connectivity index (χ2v) is 12.0. The number of thiazole rings is 1. The number of hydrogen-bond donors (Lipinski definition) is 1. The highest BCUT2D eigenvalue weighted by atomic mass is 35.5. The maximum absolute atomic E-state index is 13.3. The molecule has 0 fully saturated rings. The van der Waals surface area contributed by atoms with Gasteiger partial charge in [-0.05, 0) is 36.8 Å². The highest BCUT2D eigenvalue weighted by Crippen LogP contribution is 2.38. The van der Waals surface area contributed by atoms with Crippen molar-refractivity contribution >= 4 is 44.6 Å². The predicted molar refractivity (Wildman–Crippen MR) is 134 cm³/mol. The monoisotopic (exact) mass is 561 g/mol. The Morgan fingerprint density at radius 2 is 1.86 bits per heavy atom. The molecule has 0 saturated heterocycles. The first kappa shape index (κ1) is 27.9. The molecule has 3 aromatic rings. The van der Waals surface area contributed by atoms with E-state index in [1.165, 1.54) is 23.5 Å². The zero-order valence-electron chi connectivity index (χ0n) is 19.5. The quantitative estimate of drug-likeness (QED) is 0.344. The summed E-state index contributed by atoms with van der Waals surface area (Å²) >= 11 is 7.70. The number of carboxylic acids is 1. The molecule has 0 bridgehead atoms. The first-order valence-corrected chi connectivity index (χ1v) is 13.3. The molecule has 2 heterocycles. The molecule has 0 unspecified atom stereocenters. The van der Waals surface area contributed by atoms with E-state index in [2.05, 4.69) is 9.97 Å². The average molecular weight is 562 g/mol. The standard InChI is InChI=1S/C23H23ClF3N3O4S2/c1-22(2,3)19-11-14(8-9-28-19)21-29-18(13-35-21)16-7-6-15(12-17(16)24)30(10-4-5-20(31)32)36(33,34)23(25,26)27/h6-9,11-13H,4-5,10H2,1-3H3,(H,31,32). The van der Waals surface area contributed by atoms with E-state index in [0.29, 0.717) is 16.3 Å². The second kappa shape index (κ2) is 10.3. The number of halogens is 4. The van der Waals surface area contributed by atoms with E-state index in [-0.39, 0.29) is 26.9 Å². The van der Waals surface area contributed by atoms with Gasteiger partial charge in [-0.2, -0.15) is 21.6 Å². The van der Waals surface area contributed by atoms with E-state index in [1.54, 1.807) is 11.6 Å². The van der Waals surface area contributed by atoms with Crippen LogP contribution in [0.25, 0.3) is 21.8 Å². The van der Waals surface area contributed by atoms with Crippen LogP contribution < -0.4 is 4.31 Å². The first-order chi connectivity index (χ1) is 16.6. The molecule has 7 nitrogen and oxygen atoms in total. The topological polar surface area (TPSA) is 100 Å². The van der Waals surface area contributed by atoms with Gasteiger partial charge in [0.25, 0.3) is 0 Å². The van der Waals surface area contributed by atoms with Gasteiger partial charge in [-0.15, -0.1) is 11.3 Å². The fourth-order valence-corrected chi connectivity index (χ4v) is 5.36. The lowest BCUT2D eigenvalue weighted by molar-refractivity contribution is -0.137. The maximum Gasteiger partial charge on any atom is 0.516 e. The summed E-state index contributed by atoms with van der Waals surface area (Å²) in [5.74, 6) is -1.25. The van der Waals surface area contributed by atoms with Crippen LogP contribution in [0, 0.1) is 0 Å². The maximum atomic E-state index is 13.3. The number of nitrogens with zero attached hydrogens (tertiary/aromatic N) is 3. The zero-order valence-corrected chi connectivity index (χ0v) is 21.9. The molecule has 2 aromatic heterocycles. The van der Waals surface area contributed by atoms with Crippen molar-refractivity contribution in [2.75, 3.05) is 10.8 Å². The molecule has 0 radical (unpaired) electrons. The Kier molecular flexibility index (Phi) is 8.01. The smallest absolute Gasteiger partial charge is 0.481 e. The van der Waals surface area contributed by atoms with E-state index in [1.807, 2.05) is 32.9 Å². The van der Waals surface area contributed by atoms with Gasteiger partial charge in [0.2, 0.25) is 0 Å². The number of alkyl halides is 3. The van der Waals surface area contributed by atoms with Crippen molar-refractivity contribution in [2.45, 2.75) is 44.5 Å². The second-order valence-electron chi connectivity index (χ2n) is 8.90. The van der Waals surface area contributed by atoms with Gasteiger partial charge in [-0.1, -0.05) is 32.4 Å². The molecule has 0 atom stereocenters. The van der Waals surface area contributed by atoms with Crippen molar-refractivity contribution in [2.24, 2.45) is 0 Å². The molecule has 0 aliphatic carbocycles. The minimum atomic E-state index is -5.77. The predicted octanol–water partition coefficient (Wildman–Crippen LogP) is 6.34. The molecule has 194 valence electrons. The van der Waals surface area contributed by atoms with Crippen LogP contribution in [-0.2, 0) is 20.2 Å². The Hall–Kier alpha value is -2.70. The Balaban J connectivity index is 1.95. The van der Waals surface area contributed by atoms with Gasteiger partial charge in [0.05, 0.1) is 16.4 Å². The van der Waals surface area contributed by atoms with Crippen molar-refractivity contribution < 1.29 is 31.5 Å². The third-order valence-corrected chi connectivity index (χ3v) is 7.89. The molecule has 0 amide bonds. The third kappa shape index (κ3) is 6.16. The molecule has 1 aromatic carbocycles. The van der Waals surface area contributed by atoms with E-state index in [9.17, 15) is 26.4 Å². The minimum Gasteiger partial charge on any atom is -0.481 e. The summed E-state index contributed by atoms with van der Waals surface area (Å²) in [5, 5.41) is 11.2. The number of anilines is 1. The largest absolute Gasteiger partial charge is 0.516 e. The van der Waals surface area contributed by atoms with Gasteiger partial charge < -0.3 is 5.11 Å². The zero-order chi connectivity index (χ0) is 26.9. The van der Waals surface area contributed by atoms with Crippen LogP contribution in [0.4, 0.5) is 18.9 Å². The molecular formula is C23H23ClF3N3O4S2. The number of carbonyl (C=O) groups is 1. The van der Waals surface area contributed by atoms with Crippen LogP contribution in [0.15, 0.2) is 41.9 Å². The Morgan fingerprint density at radius 1 is 1.17 bits per heavy atom. The van der Waals surface area contributed by atoms with E-state index in [0.717, 1.165) is 17.3 Å². The summed E-state index contributed by atoms with van der Waals surface area (Å²) in [6.07, 6.45) is 0.879. The molecule has 36 heavy (non-hydrogen) atoms.